The van der Waals surface area contributed by atoms with Crippen LogP contribution < -0.4 is 0 Å². The van der Waals surface area contributed by atoms with E-state index in [0.29, 0.717) is 24.5 Å². The van der Waals surface area contributed by atoms with Crippen molar-refractivity contribution in [2.24, 2.45) is 4.99 Å². The summed E-state index contributed by atoms with van der Waals surface area (Å²) in [5.74, 6) is 2.30. The first-order valence-electron chi connectivity index (χ1n) is 7.57. The van der Waals surface area contributed by atoms with Crippen LogP contribution in [0.15, 0.2) is 46.3 Å². The van der Waals surface area contributed by atoms with Gasteiger partial charge in [-0.25, -0.2) is 9.59 Å². The smallest absolute Gasteiger partial charge is 0.344 e. The molecular weight excluding hydrogens is 328 g/mol. The average Bonchev–Trinajstić information content (AvgIpc) is 2.88. The second kappa shape index (κ2) is 8.57. The Morgan fingerprint density at radius 3 is 3.04 bits per heavy atom. The Kier molecular flexibility index (Phi) is 6.46. The van der Waals surface area contributed by atoms with Crippen LogP contribution in [0.4, 0.5) is 0 Å². The highest BCUT2D eigenvalue weighted by molar-refractivity contribution is 8.15. The van der Waals surface area contributed by atoms with Gasteiger partial charge in [0.1, 0.15) is 17.4 Å². The lowest BCUT2D eigenvalue weighted by Gasteiger charge is -2.14. The highest BCUT2D eigenvalue weighted by atomic mass is 32.2. The number of hydrogen-bond donors (Lipinski definition) is 0. The van der Waals surface area contributed by atoms with Crippen LogP contribution in [-0.4, -0.2) is 54.5 Å². The third-order valence-electron chi connectivity index (χ3n) is 3.46. The van der Waals surface area contributed by atoms with Gasteiger partial charge in [-0.15, -0.1) is 0 Å². The Morgan fingerprint density at radius 1 is 1.58 bits per heavy atom. The van der Waals surface area contributed by atoms with Gasteiger partial charge in [-0.3, -0.25) is 4.99 Å². The highest BCUT2D eigenvalue weighted by Gasteiger charge is 2.31. The Labute approximate surface area is 145 Å². The molecule has 2 rings (SSSR count). The van der Waals surface area contributed by atoms with Crippen molar-refractivity contribution < 1.29 is 19.1 Å². The predicted molar refractivity (Wildman–Crippen MR) is 94.2 cm³/mol. The van der Waals surface area contributed by atoms with Crippen molar-refractivity contribution in [1.29, 1.82) is 0 Å². The maximum atomic E-state index is 11.4. The van der Waals surface area contributed by atoms with Crippen LogP contribution in [0.5, 0.6) is 0 Å². The molecule has 0 radical (unpaired) electrons. The molecule has 1 aliphatic carbocycles. The van der Waals surface area contributed by atoms with Gasteiger partial charge in [0.15, 0.2) is 11.8 Å². The van der Waals surface area contributed by atoms with Gasteiger partial charge in [-0.2, -0.15) is 0 Å². The van der Waals surface area contributed by atoms with Crippen molar-refractivity contribution in [3.05, 3.63) is 41.3 Å². The number of amidine groups is 1. The van der Waals surface area contributed by atoms with Crippen LogP contribution in [0.1, 0.15) is 13.3 Å². The van der Waals surface area contributed by atoms with E-state index in [1.807, 2.05) is 30.2 Å². The van der Waals surface area contributed by atoms with Gasteiger partial charge in [0.05, 0.1) is 11.9 Å². The van der Waals surface area contributed by atoms with Crippen LogP contribution in [0, 0.1) is 0 Å². The van der Waals surface area contributed by atoms with E-state index in [1.165, 1.54) is 11.8 Å². The van der Waals surface area contributed by atoms with Crippen LogP contribution in [-0.2, 0) is 19.1 Å². The van der Waals surface area contributed by atoms with Crippen molar-refractivity contribution >= 4 is 28.8 Å². The van der Waals surface area contributed by atoms with Crippen LogP contribution in [0.3, 0.4) is 0 Å². The second-order valence-electron chi connectivity index (χ2n) is 5.10. The molecule has 128 valence electrons. The topological polar surface area (TPSA) is 68.2 Å². The number of carbonyl (C=O) groups is 1. The third kappa shape index (κ3) is 4.40. The van der Waals surface area contributed by atoms with Gasteiger partial charge in [-0.05, 0) is 18.6 Å². The molecule has 7 heteroatoms. The normalized spacial score (nSPS) is 23.5. The number of rotatable bonds is 5. The second-order valence-corrected chi connectivity index (χ2v) is 6.20. The lowest BCUT2D eigenvalue weighted by Crippen LogP contribution is -2.18. The van der Waals surface area contributed by atoms with Gasteiger partial charge in [0.25, 0.3) is 0 Å². The minimum absolute atomic E-state index is 0.103. The first-order valence-corrected chi connectivity index (χ1v) is 8.45. The largest absolute Gasteiger partial charge is 0.486 e. The molecule has 6 nitrogen and oxygen atoms in total. The zero-order valence-corrected chi connectivity index (χ0v) is 14.8. The minimum Gasteiger partial charge on any atom is -0.486 e. The predicted octanol–water partition coefficient (Wildman–Crippen LogP) is 2.08. The number of esters is 1. The Bertz CT molecular complexity index is 672. The zero-order valence-electron chi connectivity index (χ0n) is 13.9. The van der Waals surface area contributed by atoms with Crippen LogP contribution in [0.2, 0.25) is 0 Å². The zero-order chi connectivity index (χ0) is 17.5. The molecule has 1 heterocycles. The van der Waals surface area contributed by atoms with E-state index < -0.39 is 0 Å². The molecule has 0 spiro atoms. The van der Waals surface area contributed by atoms with E-state index in [0.717, 1.165) is 10.7 Å². The fourth-order valence-electron chi connectivity index (χ4n) is 2.34. The van der Waals surface area contributed by atoms with Crippen molar-refractivity contribution in [1.82, 2.24) is 4.90 Å². The SMILES string of the molecule is CCOC(=O)COC1=CC=CC(=CC2SC(=NC)N(C)C2=C=O)C1. The molecule has 0 aromatic rings. The van der Waals surface area contributed by atoms with Crippen LogP contribution in [0.25, 0.3) is 0 Å². The van der Waals surface area contributed by atoms with Crippen LogP contribution >= 0.6 is 11.8 Å². The molecule has 24 heavy (non-hydrogen) atoms. The lowest BCUT2D eigenvalue weighted by molar-refractivity contribution is -0.147. The standard InChI is InChI=1S/C17H20N2O4S/c1-4-22-16(21)11-23-13-7-5-6-12(8-13)9-15-14(10-20)19(3)17(18-2)24-15/h5-7,9,15H,4,8,11H2,1-3H3. The molecule has 0 N–H and O–H groups in total. The Hall–Kier alpha value is -2.24. The third-order valence-corrected chi connectivity index (χ3v) is 4.74. The molecule has 2 aliphatic rings. The number of thioether (sulfide) groups is 1. The summed E-state index contributed by atoms with van der Waals surface area (Å²) in [6.07, 6.45) is 8.19. The van der Waals surface area contributed by atoms with Gasteiger partial charge in [0.2, 0.25) is 0 Å². The molecule has 1 saturated heterocycles. The first kappa shape index (κ1) is 18.1. The van der Waals surface area contributed by atoms with E-state index in [-0.39, 0.29) is 17.8 Å². The summed E-state index contributed by atoms with van der Waals surface area (Å²) in [5.41, 5.74) is 1.55. The van der Waals surface area contributed by atoms with Crippen molar-refractivity contribution in [2.45, 2.75) is 18.6 Å². The summed E-state index contributed by atoms with van der Waals surface area (Å²) < 4.78 is 10.3. The molecule has 1 fully saturated rings. The van der Waals surface area contributed by atoms with E-state index in [1.54, 1.807) is 25.9 Å². The average molecular weight is 348 g/mol. The summed E-state index contributed by atoms with van der Waals surface area (Å²) in [5, 5.41) is 0.652. The summed E-state index contributed by atoms with van der Waals surface area (Å²) in [4.78, 5) is 28.5. The molecular formula is C17H20N2O4S. The molecule has 1 atom stereocenters. The quantitative estimate of drug-likeness (QED) is 0.560. The Morgan fingerprint density at radius 2 is 2.38 bits per heavy atom. The first-order chi connectivity index (χ1) is 11.6. The van der Waals surface area contributed by atoms with E-state index in [2.05, 4.69) is 4.99 Å². The number of ether oxygens (including phenoxy) is 2. The number of allylic oxidation sites excluding steroid dienone is 4. The summed E-state index contributed by atoms with van der Waals surface area (Å²) in [6, 6.07) is 0. The lowest BCUT2D eigenvalue weighted by atomic mass is 10.0. The van der Waals surface area contributed by atoms with Gasteiger partial charge < -0.3 is 14.4 Å². The summed E-state index contributed by atoms with van der Waals surface area (Å²) in [7, 11) is 3.50. The number of aliphatic imine (C=N–C) groups is 1. The van der Waals surface area contributed by atoms with Gasteiger partial charge in [0, 0.05) is 20.5 Å². The monoisotopic (exact) mass is 348 g/mol. The van der Waals surface area contributed by atoms with Crippen molar-refractivity contribution in [2.75, 3.05) is 27.3 Å². The molecule has 0 bridgehead atoms. The minimum atomic E-state index is -0.388. The molecule has 1 aliphatic heterocycles. The Balaban J connectivity index is 2.02. The molecule has 1 unspecified atom stereocenters. The molecule has 0 amide bonds. The summed E-state index contributed by atoms with van der Waals surface area (Å²) in [6.45, 7) is 1.98. The maximum Gasteiger partial charge on any atom is 0.344 e. The van der Waals surface area contributed by atoms with Crippen molar-refractivity contribution in [3.63, 3.8) is 0 Å². The number of carbonyl (C=O) groups excluding carboxylic acids is 2. The van der Waals surface area contributed by atoms with Gasteiger partial charge in [-0.1, -0.05) is 30.0 Å². The fourth-order valence-corrected chi connectivity index (χ4v) is 3.49. The van der Waals surface area contributed by atoms with E-state index in [4.69, 9.17) is 9.47 Å². The number of nitrogens with zero attached hydrogens (tertiary/aromatic N) is 2. The molecule has 0 aromatic heterocycles. The highest BCUT2D eigenvalue weighted by Crippen LogP contribution is 2.34. The molecule has 0 saturated carbocycles. The van der Waals surface area contributed by atoms with Crippen molar-refractivity contribution in [3.8, 4) is 0 Å². The fraction of sp³-hybridized carbons (Fsp3) is 0.412. The maximum absolute atomic E-state index is 11.4. The van der Waals surface area contributed by atoms with Gasteiger partial charge >= 0.3 is 5.97 Å². The van der Waals surface area contributed by atoms with E-state index >= 15 is 0 Å². The molecule has 0 aromatic carbocycles. The number of hydrogen-bond acceptors (Lipinski definition) is 6. The van der Waals surface area contributed by atoms with E-state index in [9.17, 15) is 9.59 Å². The summed E-state index contributed by atoms with van der Waals surface area (Å²) >= 11 is 1.50.